The number of anilines is 1. The van der Waals surface area contributed by atoms with Crippen LogP contribution in [0.1, 0.15) is 12.0 Å². The molecule has 1 saturated heterocycles. The molecule has 4 heteroatoms. The molecule has 0 spiro atoms. The van der Waals surface area contributed by atoms with E-state index in [1.165, 1.54) is 11.1 Å². The number of amides is 1. The van der Waals surface area contributed by atoms with E-state index < -0.39 is 0 Å². The zero-order valence-corrected chi connectivity index (χ0v) is 12.9. The number of benzene rings is 2. The van der Waals surface area contributed by atoms with Crippen molar-refractivity contribution in [1.82, 2.24) is 0 Å². The van der Waals surface area contributed by atoms with Gasteiger partial charge in [-0.15, -0.1) is 0 Å². The van der Waals surface area contributed by atoms with Crippen LogP contribution in [0.5, 0.6) is 5.75 Å². The highest BCUT2D eigenvalue weighted by Gasteiger charge is 2.29. The Morgan fingerprint density at radius 1 is 1.13 bits per heavy atom. The Bertz CT molecular complexity index is 739. The van der Waals surface area contributed by atoms with Gasteiger partial charge >= 0.3 is 0 Å². The van der Waals surface area contributed by atoms with E-state index in [0.29, 0.717) is 13.0 Å². The lowest BCUT2D eigenvalue weighted by atomic mass is 10.0. The standard InChI is InChI=1S/C19H19NO3/c21-12-13-9-19(22)20(11-13)17-4-1-14(2-5-17)15-3-6-18-16(10-15)7-8-23-18/h1-6,10,13,21H,7-9,11-12H2. The van der Waals surface area contributed by atoms with Crippen LogP contribution in [0, 0.1) is 5.92 Å². The van der Waals surface area contributed by atoms with Gasteiger partial charge in [-0.25, -0.2) is 0 Å². The smallest absolute Gasteiger partial charge is 0.227 e. The average molecular weight is 309 g/mol. The summed E-state index contributed by atoms with van der Waals surface area (Å²) in [6.45, 7) is 1.43. The highest BCUT2D eigenvalue weighted by Crippen LogP contribution is 2.32. The second kappa shape index (κ2) is 5.70. The van der Waals surface area contributed by atoms with Gasteiger partial charge in [0.25, 0.3) is 0 Å². The molecule has 2 aromatic carbocycles. The fourth-order valence-electron chi connectivity index (χ4n) is 3.35. The molecule has 0 radical (unpaired) electrons. The SMILES string of the molecule is O=C1CC(CO)CN1c1ccc(-c2ccc3c(c2)CCO3)cc1. The van der Waals surface area contributed by atoms with Gasteiger partial charge in [0.05, 0.1) is 6.61 Å². The number of fused-ring (bicyclic) bond motifs is 1. The molecule has 2 aromatic rings. The Morgan fingerprint density at radius 3 is 2.65 bits per heavy atom. The molecule has 1 unspecified atom stereocenters. The third-order valence-corrected chi connectivity index (χ3v) is 4.67. The van der Waals surface area contributed by atoms with Crippen molar-refractivity contribution in [3.63, 3.8) is 0 Å². The molecular formula is C19H19NO3. The van der Waals surface area contributed by atoms with Gasteiger partial charge in [-0.1, -0.05) is 18.2 Å². The van der Waals surface area contributed by atoms with Crippen molar-refractivity contribution in [3.8, 4) is 16.9 Å². The molecule has 0 aromatic heterocycles. The summed E-state index contributed by atoms with van der Waals surface area (Å²) in [5, 5.41) is 9.23. The molecule has 0 bridgehead atoms. The van der Waals surface area contributed by atoms with Crippen LogP contribution in [0.2, 0.25) is 0 Å². The van der Waals surface area contributed by atoms with E-state index in [-0.39, 0.29) is 18.4 Å². The molecule has 2 heterocycles. The summed E-state index contributed by atoms with van der Waals surface area (Å²) in [7, 11) is 0. The predicted molar refractivity (Wildman–Crippen MR) is 88.6 cm³/mol. The van der Waals surface area contributed by atoms with Gasteiger partial charge in [0.1, 0.15) is 5.75 Å². The van der Waals surface area contributed by atoms with E-state index in [0.717, 1.165) is 30.0 Å². The summed E-state index contributed by atoms with van der Waals surface area (Å²) in [5.41, 5.74) is 4.46. The van der Waals surface area contributed by atoms with Gasteiger partial charge in [-0.05, 0) is 41.0 Å². The molecule has 1 amide bonds. The van der Waals surface area contributed by atoms with Gasteiger partial charge in [-0.3, -0.25) is 4.79 Å². The van der Waals surface area contributed by atoms with Crippen molar-refractivity contribution in [1.29, 1.82) is 0 Å². The average Bonchev–Trinajstić information content (AvgIpc) is 3.20. The fourth-order valence-corrected chi connectivity index (χ4v) is 3.35. The maximum Gasteiger partial charge on any atom is 0.227 e. The molecule has 2 aliphatic rings. The fraction of sp³-hybridized carbons (Fsp3) is 0.316. The second-order valence-corrected chi connectivity index (χ2v) is 6.22. The summed E-state index contributed by atoms with van der Waals surface area (Å²) in [6.07, 6.45) is 1.40. The van der Waals surface area contributed by atoms with E-state index in [1.807, 2.05) is 30.3 Å². The third kappa shape index (κ3) is 2.59. The molecule has 1 N–H and O–H groups in total. The second-order valence-electron chi connectivity index (χ2n) is 6.22. The van der Waals surface area contributed by atoms with Crippen molar-refractivity contribution >= 4 is 11.6 Å². The molecule has 0 saturated carbocycles. The van der Waals surface area contributed by atoms with Gasteiger partial charge in [0, 0.05) is 37.6 Å². The lowest BCUT2D eigenvalue weighted by Crippen LogP contribution is -2.24. The Morgan fingerprint density at radius 2 is 1.91 bits per heavy atom. The minimum absolute atomic E-state index is 0.0545. The van der Waals surface area contributed by atoms with Crippen LogP contribution in [0.3, 0.4) is 0 Å². The number of nitrogens with zero attached hydrogens (tertiary/aromatic N) is 1. The van der Waals surface area contributed by atoms with Crippen molar-refractivity contribution in [2.75, 3.05) is 24.7 Å². The Labute approximate surface area is 135 Å². The number of hydrogen-bond acceptors (Lipinski definition) is 3. The minimum atomic E-state index is 0.0545. The molecule has 4 nitrogen and oxygen atoms in total. The summed E-state index contributed by atoms with van der Waals surface area (Å²) in [6, 6.07) is 14.3. The van der Waals surface area contributed by atoms with Crippen molar-refractivity contribution in [3.05, 3.63) is 48.0 Å². The number of hydrogen-bond donors (Lipinski definition) is 1. The molecule has 2 aliphatic heterocycles. The van der Waals surface area contributed by atoms with Gasteiger partial charge < -0.3 is 14.7 Å². The van der Waals surface area contributed by atoms with Gasteiger partial charge in [-0.2, -0.15) is 0 Å². The van der Waals surface area contributed by atoms with Crippen LogP contribution < -0.4 is 9.64 Å². The quantitative estimate of drug-likeness (QED) is 0.948. The molecule has 4 rings (SSSR count). The van der Waals surface area contributed by atoms with Crippen molar-refractivity contribution in [2.45, 2.75) is 12.8 Å². The van der Waals surface area contributed by atoms with Gasteiger partial charge in [0.15, 0.2) is 0 Å². The zero-order chi connectivity index (χ0) is 15.8. The van der Waals surface area contributed by atoms with E-state index in [2.05, 4.69) is 12.1 Å². The summed E-state index contributed by atoms with van der Waals surface area (Å²) >= 11 is 0. The predicted octanol–water partition coefficient (Wildman–Crippen LogP) is 2.63. The maximum absolute atomic E-state index is 12.0. The van der Waals surface area contributed by atoms with E-state index in [9.17, 15) is 9.90 Å². The number of carbonyl (C=O) groups excluding carboxylic acids is 1. The monoisotopic (exact) mass is 309 g/mol. The molecule has 1 fully saturated rings. The number of rotatable bonds is 3. The number of carbonyl (C=O) groups is 1. The molecule has 118 valence electrons. The Balaban J connectivity index is 1.58. The first-order valence-corrected chi connectivity index (χ1v) is 8.02. The van der Waals surface area contributed by atoms with Crippen LogP contribution in [-0.4, -0.2) is 30.8 Å². The first-order chi connectivity index (χ1) is 11.2. The van der Waals surface area contributed by atoms with Crippen LogP contribution in [0.25, 0.3) is 11.1 Å². The number of ether oxygens (including phenoxy) is 1. The zero-order valence-electron chi connectivity index (χ0n) is 12.9. The first kappa shape index (κ1) is 14.3. The van der Waals surface area contributed by atoms with E-state index in [1.54, 1.807) is 4.90 Å². The highest BCUT2D eigenvalue weighted by molar-refractivity contribution is 5.96. The normalized spacial score (nSPS) is 19.8. The lowest BCUT2D eigenvalue weighted by Gasteiger charge is -2.17. The summed E-state index contributed by atoms with van der Waals surface area (Å²) in [5.74, 6) is 1.13. The van der Waals surface area contributed by atoms with Crippen molar-refractivity contribution in [2.24, 2.45) is 5.92 Å². The Kier molecular flexibility index (Phi) is 3.54. The van der Waals surface area contributed by atoms with Gasteiger partial charge in [0.2, 0.25) is 5.91 Å². The number of aliphatic hydroxyl groups is 1. The largest absolute Gasteiger partial charge is 0.493 e. The van der Waals surface area contributed by atoms with Crippen LogP contribution in [0.15, 0.2) is 42.5 Å². The molecular weight excluding hydrogens is 290 g/mol. The van der Waals surface area contributed by atoms with Crippen molar-refractivity contribution < 1.29 is 14.6 Å². The minimum Gasteiger partial charge on any atom is -0.493 e. The Hall–Kier alpha value is -2.33. The van der Waals surface area contributed by atoms with E-state index in [4.69, 9.17) is 4.74 Å². The van der Waals surface area contributed by atoms with Crippen LogP contribution >= 0.6 is 0 Å². The molecule has 23 heavy (non-hydrogen) atoms. The third-order valence-electron chi connectivity index (χ3n) is 4.67. The topological polar surface area (TPSA) is 49.8 Å². The number of aliphatic hydroxyl groups excluding tert-OH is 1. The summed E-state index contributed by atoms with van der Waals surface area (Å²) in [4.78, 5) is 13.8. The van der Waals surface area contributed by atoms with Crippen LogP contribution in [-0.2, 0) is 11.2 Å². The maximum atomic E-state index is 12.0. The lowest BCUT2D eigenvalue weighted by molar-refractivity contribution is -0.117. The highest BCUT2D eigenvalue weighted by atomic mass is 16.5. The summed E-state index contributed by atoms with van der Waals surface area (Å²) < 4.78 is 5.54. The van der Waals surface area contributed by atoms with E-state index >= 15 is 0 Å². The molecule has 0 aliphatic carbocycles. The molecule has 1 atom stereocenters. The van der Waals surface area contributed by atoms with Crippen LogP contribution in [0.4, 0.5) is 5.69 Å². The first-order valence-electron chi connectivity index (χ1n) is 8.02.